The maximum Gasteiger partial charge on any atom is 0.356 e. The SMILES string of the molecule is COc1cc(/C=C/C(=O)ON2C(=O)CCC2=O)cc(Br)c1OCc1cccc(C)c1. The van der Waals surface area contributed by atoms with E-state index in [1.807, 2.05) is 31.2 Å². The summed E-state index contributed by atoms with van der Waals surface area (Å²) in [4.78, 5) is 39.8. The van der Waals surface area contributed by atoms with E-state index in [1.165, 1.54) is 13.2 Å². The molecule has 1 fully saturated rings. The summed E-state index contributed by atoms with van der Waals surface area (Å²) in [5.41, 5.74) is 2.81. The van der Waals surface area contributed by atoms with Gasteiger partial charge in [-0.15, -0.1) is 5.06 Å². The molecule has 0 aromatic heterocycles. The van der Waals surface area contributed by atoms with Crippen molar-refractivity contribution < 1.29 is 28.7 Å². The molecule has 7 nitrogen and oxygen atoms in total. The summed E-state index contributed by atoms with van der Waals surface area (Å²) in [6.45, 7) is 2.39. The molecule has 3 rings (SSSR count). The highest BCUT2D eigenvalue weighted by atomic mass is 79.9. The predicted octanol–water partition coefficient (Wildman–Crippen LogP) is 3.97. The highest BCUT2D eigenvalue weighted by Crippen LogP contribution is 2.37. The molecule has 1 aliphatic rings. The molecule has 0 atom stereocenters. The number of hydrogen-bond acceptors (Lipinski definition) is 6. The minimum absolute atomic E-state index is 0.0456. The van der Waals surface area contributed by atoms with Crippen molar-refractivity contribution in [3.63, 3.8) is 0 Å². The smallest absolute Gasteiger partial charge is 0.356 e. The van der Waals surface area contributed by atoms with Crippen molar-refractivity contribution in [3.05, 3.63) is 63.6 Å². The van der Waals surface area contributed by atoms with Crippen LogP contribution in [0.3, 0.4) is 0 Å². The standard InChI is InChI=1S/C22H20BrNO6/c1-14-4-3-5-16(10-14)13-29-22-17(23)11-15(12-18(22)28-2)6-9-21(27)30-24-19(25)7-8-20(24)26/h3-6,9-12H,7-8,13H2,1-2H3/b9-6+. The van der Waals surface area contributed by atoms with E-state index in [1.54, 1.807) is 12.1 Å². The van der Waals surface area contributed by atoms with Gasteiger partial charge in [0.25, 0.3) is 11.8 Å². The first-order valence-electron chi connectivity index (χ1n) is 9.19. The molecule has 0 N–H and O–H groups in total. The summed E-state index contributed by atoms with van der Waals surface area (Å²) in [5, 5.41) is 0.505. The van der Waals surface area contributed by atoms with Gasteiger partial charge in [0.05, 0.1) is 11.6 Å². The molecule has 0 spiro atoms. The summed E-state index contributed by atoms with van der Waals surface area (Å²) >= 11 is 3.47. The zero-order valence-corrected chi connectivity index (χ0v) is 18.1. The van der Waals surface area contributed by atoms with Crippen LogP contribution in [0.2, 0.25) is 0 Å². The minimum Gasteiger partial charge on any atom is -0.493 e. The Hall–Kier alpha value is -3.13. The molecular weight excluding hydrogens is 454 g/mol. The number of carbonyl (C=O) groups is 3. The number of hydroxylamine groups is 2. The Labute approximate surface area is 182 Å². The molecule has 0 radical (unpaired) electrons. The monoisotopic (exact) mass is 473 g/mol. The van der Waals surface area contributed by atoms with Crippen LogP contribution >= 0.6 is 15.9 Å². The number of amides is 2. The van der Waals surface area contributed by atoms with Gasteiger partial charge in [0, 0.05) is 18.9 Å². The van der Waals surface area contributed by atoms with Gasteiger partial charge in [0.2, 0.25) is 0 Å². The Kier molecular flexibility index (Phi) is 6.89. The molecule has 156 valence electrons. The van der Waals surface area contributed by atoms with Gasteiger partial charge in [-0.05, 0) is 52.2 Å². The number of aryl methyl sites for hydroxylation is 1. The largest absolute Gasteiger partial charge is 0.493 e. The van der Waals surface area contributed by atoms with Gasteiger partial charge in [-0.2, -0.15) is 0 Å². The van der Waals surface area contributed by atoms with E-state index in [4.69, 9.17) is 14.3 Å². The quantitative estimate of drug-likeness (QED) is 0.446. The Balaban J connectivity index is 1.69. The zero-order chi connectivity index (χ0) is 21.7. The average molecular weight is 474 g/mol. The van der Waals surface area contributed by atoms with Crippen molar-refractivity contribution in [2.75, 3.05) is 7.11 Å². The van der Waals surface area contributed by atoms with Crippen LogP contribution in [0.5, 0.6) is 11.5 Å². The van der Waals surface area contributed by atoms with Gasteiger partial charge in [0.1, 0.15) is 6.61 Å². The number of carbonyl (C=O) groups excluding carboxylic acids is 3. The van der Waals surface area contributed by atoms with E-state index in [2.05, 4.69) is 15.9 Å². The number of benzene rings is 2. The number of halogens is 1. The molecule has 1 aliphatic heterocycles. The van der Waals surface area contributed by atoms with Crippen molar-refractivity contribution in [1.82, 2.24) is 5.06 Å². The van der Waals surface area contributed by atoms with Crippen LogP contribution in [0.1, 0.15) is 29.5 Å². The Morgan fingerprint density at radius 2 is 1.90 bits per heavy atom. The third-order valence-electron chi connectivity index (χ3n) is 4.32. The molecule has 0 aliphatic carbocycles. The predicted molar refractivity (Wildman–Crippen MR) is 112 cm³/mol. The van der Waals surface area contributed by atoms with Crippen LogP contribution in [0.25, 0.3) is 6.08 Å². The number of methoxy groups -OCH3 is 1. The molecule has 2 amide bonds. The molecule has 0 bridgehead atoms. The molecule has 2 aromatic rings. The summed E-state index contributed by atoms with van der Waals surface area (Å²) in [7, 11) is 1.52. The van der Waals surface area contributed by atoms with Gasteiger partial charge in [0.15, 0.2) is 11.5 Å². The lowest BCUT2D eigenvalue weighted by Crippen LogP contribution is -2.31. The van der Waals surface area contributed by atoms with E-state index in [0.717, 1.165) is 17.2 Å². The maximum absolute atomic E-state index is 11.9. The summed E-state index contributed by atoms with van der Waals surface area (Å²) < 4.78 is 12.0. The first kappa shape index (κ1) is 21.6. The molecule has 1 saturated heterocycles. The van der Waals surface area contributed by atoms with Crippen molar-refractivity contribution in [2.24, 2.45) is 0 Å². The van der Waals surface area contributed by atoms with Gasteiger partial charge in [-0.1, -0.05) is 29.8 Å². The van der Waals surface area contributed by atoms with Crippen LogP contribution in [0.15, 0.2) is 46.9 Å². The molecular formula is C22H20BrNO6. The Morgan fingerprint density at radius 1 is 1.17 bits per heavy atom. The van der Waals surface area contributed by atoms with Gasteiger partial charge >= 0.3 is 5.97 Å². The third kappa shape index (κ3) is 5.27. The summed E-state index contributed by atoms with van der Waals surface area (Å²) in [6.07, 6.45) is 2.71. The fraction of sp³-hybridized carbons (Fsp3) is 0.227. The molecule has 0 unspecified atom stereocenters. The highest BCUT2D eigenvalue weighted by molar-refractivity contribution is 9.10. The first-order chi connectivity index (χ1) is 14.4. The van der Waals surface area contributed by atoms with E-state index in [0.29, 0.717) is 33.2 Å². The van der Waals surface area contributed by atoms with Crippen LogP contribution in [0, 0.1) is 6.92 Å². The number of nitrogens with zero attached hydrogens (tertiary/aromatic N) is 1. The second-order valence-corrected chi connectivity index (χ2v) is 7.49. The summed E-state index contributed by atoms with van der Waals surface area (Å²) in [5.74, 6) is -0.863. The van der Waals surface area contributed by atoms with Gasteiger partial charge in [-0.3, -0.25) is 9.59 Å². The average Bonchev–Trinajstić information content (AvgIpc) is 3.03. The van der Waals surface area contributed by atoms with Crippen molar-refractivity contribution in [1.29, 1.82) is 0 Å². The van der Waals surface area contributed by atoms with Crippen molar-refractivity contribution in [2.45, 2.75) is 26.4 Å². The van der Waals surface area contributed by atoms with E-state index >= 15 is 0 Å². The molecule has 2 aromatic carbocycles. The topological polar surface area (TPSA) is 82.1 Å². The lowest BCUT2D eigenvalue weighted by Gasteiger charge is -2.14. The molecule has 8 heteroatoms. The van der Waals surface area contributed by atoms with Gasteiger partial charge in [-0.25, -0.2) is 4.79 Å². The van der Waals surface area contributed by atoms with Crippen LogP contribution < -0.4 is 9.47 Å². The van der Waals surface area contributed by atoms with Crippen molar-refractivity contribution >= 4 is 39.8 Å². The molecule has 30 heavy (non-hydrogen) atoms. The Bertz CT molecular complexity index is 1000. The number of rotatable bonds is 7. The summed E-state index contributed by atoms with van der Waals surface area (Å²) in [6, 6.07) is 11.5. The Morgan fingerprint density at radius 3 is 2.57 bits per heavy atom. The molecule has 0 saturated carbocycles. The van der Waals surface area contributed by atoms with Crippen molar-refractivity contribution in [3.8, 4) is 11.5 Å². The third-order valence-corrected chi connectivity index (χ3v) is 4.91. The normalized spacial score (nSPS) is 13.8. The van der Waals surface area contributed by atoms with Crippen LogP contribution in [-0.2, 0) is 25.8 Å². The second-order valence-electron chi connectivity index (χ2n) is 6.64. The zero-order valence-electron chi connectivity index (χ0n) is 16.5. The van der Waals surface area contributed by atoms with Crippen LogP contribution in [-0.4, -0.2) is 30.0 Å². The lowest BCUT2D eigenvalue weighted by molar-refractivity contribution is -0.193. The first-order valence-corrected chi connectivity index (χ1v) is 9.98. The maximum atomic E-state index is 11.9. The fourth-order valence-electron chi connectivity index (χ4n) is 2.88. The molecule has 1 heterocycles. The van der Waals surface area contributed by atoms with Gasteiger partial charge < -0.3 is 14.3 Å². The van der Waals surface area contributed by atoms with E-state index in [9.17, 15) is 14.4 Å². The fourth-order valence-corrected chi connectivity index (χ4v) is 3.45. The number of hydrogen-bond donors (Lipinski definition) is 0. The van der Waals surface area contributed by atoms with E-state index < -0.39 is 17.8 Å². The second kappa shape index (κ2) is 9.58. The van der Waals surface area contributed by atoms with Crippen LogP contribution in [0.4, 0.5) is 0 Å². The highest BCUT2D eigenvalue weighted by Gasteiger charge is 2.32. The minimum atomic E-state index is -0.825. The number of ether oxygens (including phenoxy) is 2. The lowest BCUT2D eigenvalue weighted by atomic mass is 10.1. The van der Waals surface area contributed by atoms with E-state index in [-0.39, 0.29) is 12.8 Å². The number of imide groups is 1.